The standard InChI is InChI=1S/C16H34O.C7H8O3S/c1-3-4-5-6-7-8-9-10-11-12-13-16(2)14-15-17;1-6-2-4-7(5-3-6)11(8,9)10/h16-17H,3-15H2,1-2H3;2-5H,1H3,(H,8,9,10)/t16-;/m1./s1. The zero-order valence-electron chi connectivity index (χ0n) is 18.2. The van der Waals surface area contributed by atoms with Gasteiger partial charge in [0.1, 0.15) is 0 Å². The van der Waals surface area contributed by atoms with Gasteiger partial charge in [0.05, 0.1) is 4.90 Å². The lowest BCUT2D eigenvalue weighted by molar-refractivity contribution is 0.256. The summed E-state index contributed by atoms with van der Waals surface area (Å²) in [5.41, 5.74) is 0.956. The van der Waals surface area contributed by atoms with E-state index in [0.717, 1.165) is 12.0 Å². The Bertz CT molecular complexity index is 567. The van der Waals surface area contributed by atoms with E-state index in [1.165, 1.54) is 82.8 Å². The maximum Gasteiger partial charge on any atom is 0.294 e. The quantitative estimate of drug-likeness (QED) is 0.267. The van der Waals surface area contributed by atoms with Crippen LogP contribution >= 0.6 is 0 Å². The molecule has 1 rings (SSSR count). The van der Waals surface area contributed by atoms with Crippen molar-refractivity contribution in [2.45, 2.75) is 103 Å². The molecule has 5 heteroatoms. The zero-order chi connectivity index (χ0) is 21.3. The minimum absolute atomic E-state index is 0.0666. The molecule has 0 amide bonds. The van der Waals surface area contributed by atoms with Crippen LogP contribution in [0, 0.1) is 12.8 Å². The van der Waals surface area contributed by atoms with Gasteiger partial charge in [-0.05, 0) is 31.4 Å². The second-order valence-electron chi connectivity index (χ2n) is 7.88. The van der Waals surface area contributed by atoms with Gasteiger partial charge in [0, 0.05) is 6.61 Å². The number of aliphatic hydroxyl groups is 1. The molecule has 0 aliphatic heterocycles. The first-order valence-corrected chi connectivity index (χ1v) is 12.4. The summed E-state index contributed by atoms with van der Waals surface area (Å²) in [4.78, 5) is -0.0666. The van der Waals surface area contributed by atoms with E-state index in [4.69, 9.17) is 9.66 Å². The smallest absolute Gasteiger partial charge is 0.294 e. The fraction of sp³-hybridized carbons (Fsp3) is 0.739. The summed E-state index contributed by atoms with van der Waals surface area (Å²) < 4.78 is 29.6. The lowest BCUT2D eigenvalue weighted by atomic mass is 9.99. The summed E-state index contributed by atoms with van der Waals surface area (Å²) in [7, 11) is -4.02. The average molecular weight is 415 g/mol. The molecule has 1 atom stereocenters. The third kappa shape index (κ3) is 16.1. The number of aliphatic hydroxyl groups excluding tert-OH is 1. The topological polar surface area (TPSA) is 74.6 Å². The number of benzene rings is 1. The predicted octanol–water partition coefficient (Wildman–Crippen LogP) is 6.56. The Morgan fingerprint density at radius 1 is 0.821 bits per heavy atom. The van der Waals surface area contributed by atoms with Crippen molar-refractivity contribution in [2.75, 3.05) is 6.61 Å². The maximum atomic E-state index is 10.5. The highest BCUT2D eigenvalue weighted by Crippen LogP contribution is 2.15. The van der Waals surface area contributed by atoms with Gasteiger partial charge in [0.15, 0.2) is 0 Å². The van der Waals surface area contributed by atoms with Crippen molar-refractivity contribution in [1.82, 2.24) is 0 Å². The summed E-state index contributed by atoms with van der Waals surface area (Å²) in [6.07, 6.45) is 16.4. The number of rotatable bonds is 14. The molecule has 0 fully saturated rings. The Morgan fingerprint density at radius 3 is 1.71 bits per heavy atom. The van der Waals surface area contributed by atoms with Crippen LogP contribution in [0.4, 0.5) is 0 Å². The van der Waals surface area contributed by atoms with Crippen molar-refractivity contribution < 1.29 is 18.1 Å². The molecule has 4 nitrogen and oxygen atoms in total. The van der Waals surface area contributed by atoms with Crippen molar-refractivity contribution in [3.63, 3.8) is 0 Å². The van der Waals surface area contributed by atoms with Crippen LogP contribution in [-0.4, -0.2) is 24.7 Å². The van der Waals surface area contributed by atoms with Crippen LogP contribution in [0.2, 0.25) is 0 Å². The van der Waals surface area contributed by atoms with E-state index in [2.05, 4.69) is 13.8 Å². The summed E-state index contributed by atoms with van der Waals surface area (Å²) in [6, 6.07) is 5.99. The predicted molar refractivity (Wildman–Crippen MR) is 118 cm³/mol. The fourth-order valence-corrected chi connectivity index (χ4v) is 3.54. The van der Waals surface area contributed by atoms with Crippen molar-refractivity contribution in [2.24, 2.45) is 5.92 Å². The SMILES string of the molecule is CCCCCCCCCCCC[C@@H](C)CCO.Cc1ccc(S(=O)(=O)O)cc1. The zero-order valence-corrected chi connectivity index (χ0v) is 19.0. The van der Waals surface area contributed by atoms with Crippen LogP contribution in [0.25, 0.3) is 0 Å². The first-order chi connectivity index (χ1) is 13.3. The molecule has 2 N–H and O–H groups in total. The molecule has 0 aliphatic rings. The van der Waals surface area contributed by atoms with Crippen LogP contribution in [-0.2, 0) is 10.1 Å². The number of aryl methyl sites for hydroxylation is 1. The highest BCUT2D eigenvalue weighted by atomic mass is 32.2. The largest absolute Gasteiger partial charge is 0.396 e. The van der Waals surface area contributed by atoms with E-state index in [1.807, 2.05) is 6.92 Å². The number of hydrogen-bond donors (Lipinski definition) is 2. The Balaban J connectivity index is 0.000000567. The van der Waals surface area contributed by atoms with Gasteiger partial charge in [0.2, 0.25) is 0 Å². The summed E-state index contributed by atoms with van der Waals surface area (Å²) >= 11 is 0. The molecule has 0 spiro atoms. The molecule has 0 heterocycles. The monoisotopic (exact) mass is 414 g/mol. The minimum Gasteiger partial charge on any atom is -0.396 e. The van der Waals surface area contributed by atoms with Gasteiger partial charge < -0.3 is 5.11 Å². The summed E-state index contributed by atoms with van der Waals surface area (Å²) in [5, 5.41) is 8.80. The van der Waals surface area contributed by atoms with Crippen LogP contribution in [0.3, 0.4) is 0 Å². The van der Waals surface area contributed by atoms with E-state index >= 15 is 0 Å². The molecular weight excluding hydrogens is 372 g/mol. The molecule has 0 saturated carbocycles. The summed E-state index contributed by atoms with van der Waals surface area (Å²) in [6.45, 7) is 6.73. The second-order valence-corrected chi connectivity index (χ2v) is 9.30. The van der Waals surface area contributed by atoms with Crippen LogP contribution in [0.5, 0.6) is 0 Å². The van der Waals surface area contributed by atoms with Gasteiger partial charge in [-0.25, -0.2) is 0 Å². The van der Waals surface area contributed by atoms with E-state index in [9.17, 15) is 8.42 Å². The maximum absolute atomic E-state index is 10.5. The number of unbranched alkanes of at least 4 members (excludes halogenated alkanes) is 9. The molecule has 1 aromatic carbocycles. The van der Waals surface area contributed by atoms with Crippen molar-refractivity contribution in [3.05, 3.63) is 29.8 Å². The van der Waals surface area contributed by atoms with Gasteiger partial charge in [-0.1, -0.05) is 102 Å². The van der Waals surface area contributed by atoms with Crippen LogP contribution in [0.15, 0.2) is 29.2 Å². The Kier molecular flexibility index (Phi) is 16.4. The molecule has 1 aromatic rings. The third-order valence-corrected chi connectivity index (χ3v) is 5.86. The molecule has 164 valence electrons. The minimum atomic E-state index is -4.02. The highest BCUT2D eigenvalue weighted by Gasteiger charge is 2.06. The van der Waals surface area contributed by atoms with Gasteiger partial charge in [0.25, 0.3) is 10.1 Å². The van der Waals surface area contributed by atoms with Gasteiger partial charge in [-0.15, -0.1) is 0 Å². The molecule has 0 saturated heterocycles. The molecular formula is C23H42O4S. The normalized spacial score (nSPS) is 12.3. The van der Waals surface area contributed by atoms with E-state index in [1.54, 1.807) is 12.1 Å². The first kappa shape index (κ1) is 27.1. The molecule has 0 aromatic heterocycles. The van der Waals surface area contributed by atoms with E-state index in [0.29, 0.717) is 12.5 Å². The average Bonchev–Trinajstić information content (AvgIpc) is 2.64. The van der Waals surface area contributed by atoms with Gasteiger partial charge in [-0.3, -0.25) is 4.55 Å². The van der Waals surface area contributed by atoms with Crippen molar-refractivity contribution >= 4 is 10.1 Å². The number of hydrogen-bond acceptors (Lipinski definition) is 3. The van der Waals surface area contributed by atoms with E-state index < -0.39 is 10.1 Å². The van der Waals surface area contributed by atoms with Crippen LogP contribution in [0.1, 0.15) is 96.5 Å². The molecule has 0 radical (unpaired) electrons. The lowest BCUT2D eigenvalue weighted by Gasteiger charge is -2.08. The van der Waals surface area contributed by atoms with Gasteiger partial charge >= 0.3 is 0 Å². The molecule has 0 unspecified atom stereocenters. The van der Waals surface area contributed by atoms with Crippen molar-refractivity contribution in [1.29, 1.82) is 0 Å². The highest BCUT2D eigenvalue weighted by molar-refractivity contribution is 7.85. The van der Waals surface area contributed by atoms with Gasteiger partial charge in [-0.2, -0.15) is 8.42 Å². The van der Waals surface area contributed by atoms with E-state index in [-0.39, 0.29) is 4.90 Å². The molecule has 0 bridgehead atoms. The Morgan fingerprint density at radius 2 is 1.29 bits per heavy atom. The van der Waals surface area contributed by atoms with Crippen LogP contribution < -0.4 is 0 Å². The van der Waals surface area contributed by atoms with Crippen molar-refractivity contribution in [3.8, 4) is 0 Å². The molecule has 0 aliphatic carbocycles. The Hall–Kier alpha value is -0.910. The first-order valence-electron chi connectivity index (χ1n) is 11.0. The third-order valence-electron chi connectivity index (χ3n) is 4.99. The Labute approximate surface area is 173 Å². The lowest BCUT2D eigenvalue weighted by Crippen LogP contribution is -1.97. The molecule has 28 heavy (non-hydrogen) atoms. The summed E-state index contributed by atoms with van der Waals surface area (Å²) in [5.74, 6) is 0.717. The second kappa shape index (κ2) is 17.0. The fourth-order valence-electron chi connectivity index (χ4n) is 3.06.